The average Bonchev–Trinajstić information content (AvgIpc) is 3.14. The van der Waals surface area contributed by atoms with Crippen LogP contribution in [0.15, 0.2) is 66.9 Å². The van der Waals surface area contributed by atoms with Crippen molar-refractivity contribution in [2.75, 3.05) is 14.2 Å². The number of alkyl carbamates (subject to hydrolysis) is 1. The van der Waals surface area contributed by atoms with Crippen molar-refractivity contribution in [2.45, 2.75) is 45.4 Å². The third-order valence-corrected chi connectivity index (χ3v) is 5.28. The number of hydrogen-bond donors (Lipinski definition) is 1. The number of allylic oxidation sites excluding steroid dienone is 1. The number of fused-ring (bicyclic) bond motifs is 1. The maximum absolute atomic E-state index is 13.0. The van der Waals surface area contributed by atoms with Gasteiger partial charge in [-0.25, -0.2) is 9.86 Å². The molecule has 0 aliphatic rings. The Morgan fingerprint density at radius 2 is 1.76 bits per heavy atom. The summed E-state index contributed by atoms with van der Waals surface area (Å²) in [4.78, 5) is 30.5. The van der Waals surface area contributed by atoms with E-state index >= 15 is 0 Å². The lowest BCUT2D eigenvalue weighted by Crippen LogP contribution is -2.49. The van der Waals surface area contributed by atoms with Gasteiger partial charge in [0, 0.05) is 37.1 Å². The fraction of sp³-hybridized carbons (Fsp3) is 0.333. The first-order valence-electron chi connectivity index (χ1n) is 11.3. The predicted molar refractivity (Wildman–Crippen MR) is 134 cm³/mol. The average molecular weight is 464 g/mol. The summed E-state index contributed by atoms with van der Waals surface area (Å²) in [5, 5.41) is 4.86. The zero-order valence-corrected chi connectivity index (χ0v) is 20.4. The first kappa shape index (κ1) is 25.1. The minimum atomic E-state index is -0.848. The van der Waals surface area contributed by atoms with Crippen molar-refractivity contribution < 1.29 is 19.2 Å². The molecule has 2 amide bonds. The minimum absolute atomic E-state index is 0.293. The van der Waals surface area contributed by atoms with Crippen molar-refractivity contribution in [1.82, 2.24) is 14.9 Å². The molecule has 0 spiro atoms. The maximum atomic E-state index is 13.0. The molecule has 0 aliphatic carbocycles. The highest BCUT2D eigenvalue weighted by Crippen LogP contribution is 2.23. The molecule has 7 heteroatoms. The third-order valence-electron chi connectivity index (χ3n) is 5.28. The lowest BCUT2D eigenvalue weighted by molar-refractivity contribution is -0.171. The number of ether oxygens (including phenoxy) is 1. The van der Waals surface area contributed by atoms with Crippen LogP contribution in [-0.4, -0.2) is 47.4 Å². The number of para-hydroxylation sites is 1. The van der Waals surface area contributed by atoms with Crippen LogP contribution in [0.3, 0.4) is 0 Å². The largest absolute Gasteiger partial charge is 0.444 e. The van der Waals surface area contributed by atoms with Gasteiger partial charge in [0.05, 0.1) is 7.11 Å². The van der Waals surface area contributed by atoms with Gasteiger partial charge >= 0.3 is 6.09 Å². The number of aromatic nitrogens is 1. The van der Waals surface area contributed by atoms with Gasteiger partial charge in [-0.2, -0.15) is 0 Å². The smallest absolute Gasteiger partial charge is 0.408 e. The molecule has 180 valence electrons. The van der Waals surface area contributed by atoms with Crippen LogP contribution in [0, 0.1) is 0 Å². The topological polar surface area (TPSA) is 72.8 Å². The van der Waals surface area contributed by atoms with E-state index in [0.29, 0.717) is 13.0 Å². The van der Waals surface area contributed by atoms with Gasteiger partial charge in [-0.05, 0) is 38.0 Å². The van der Waals surface area contributed by atoms with Gasteiger partial charge in [-0.15, -0.1) is 0 Å². The van der Waals surface area contributed by atoms with Crippen LogP contribution < -0.4 is 5.32 Å². The van der Waals surface area contributed by atoms with Crippen LogP contribution in [0.4, 0.5) is 4.79 Å². The summed E-state index contributed by atoms with van der Waals surface area (Å²) in [5.74, 6) is -0.367. The fourth-order valence-corrected chi connectivity index (χ4v) is 3.68. The van der Waals surface area contributed by atoms with E-state index in [1.165, 1.54) is 14.2 Å². The molecule has 3 rings (SSSR count). The number of rotatable bonds is 8. The van der Waals surface area contributed by atoms with Crippen LogP contribution in [0.25, 0.3) is 17.0 Å². The van der Waals surface area contributed by atoms with E-state index in [1.807, 2.05) is 42.6 Å². The molecule has 1 aromatic heterocycles. The second kappa shape index (κ2) is 11.0. The monoisotopic (exact) mass is 463 g/mol. The molecule has 34 heavy (non-hydrogen) atoms. The van der Waals surface area contributed by atoms with Crippen LogP contribution in [0.1, 0.15) is 31.9 Å². The molecule has 0 unspecified atom stereocenters. The predicted octanol–water partition coefficient (Wildman–Crippen LogP) is 4.81. The highest BCUT2D eigenvalue weighted by molar-refractivity contribution is 5.88. The number of nitrogens with zero attached hydrogens (tertiary/aromatic N) is 2. The lowest BCUT2D eigenvalue weighted by Gasteiger charge is -2.25. The standard InChI is InChI=1S/C27H33N3O4/c1-27(2,3)34-26(32)28-23(25(31)29(4)33-5)18-21-19-30(24-16-10-9-15-22(21)24)17-11-14-20-12-7-6-8-13-20/h6-16,19,23H,17-18H2,1-5H3,(H,28,32)/t23-/m1/s1. The van der Waals surface area contributed by atoms with Gasteiger partial charge in [-0.1, -0.05) is 60.7 Å². The molecular formula is C27H33N3O4. The Morgan fingerprint density at radius 3 is 2.44 bits per heavy atom. The Morgan fingerprint density at radius 1 is 1.09 bits per heavy atom. The molecule has 1 heterocycles. The summed E-state index contributed by atoms with van der Waals surface area (Å²) in [6, 6.07) is 17.3. The Bertz CT molecular complexity index is 1150. The Labute approximate surface area is 200 Å². The summed E-state index contributed by atoms with van der Waals surface area (Å²) >= 11 is 0. The molecule has 0 saturated heterocycles. The summed E-state index contributed by atoms with van der Waals surface area (Å²) in [5.41, 5.74) is 2.46. The van der Waals surface area contributed by atoms with E-state index in [2.05, 4.69) is 40.2 Å². The van der Waals surface area contributed by atoms with Crippen molar-refractivity contribution in [2.24, 2.45) is 0 Å². The van der Waals surface area contributed by atoms with Gasteiger partial charge < -0.3 is 14.6 Å². The Kier molecular flexibility index (Phi) is 8.12. The lowest BCUT2D eigenvalue weighted by atomic mass is 10.0. The SMILES string of the molecule is CON(C)C(=O)[C@@H](Cc1cn(CC=Cc2ccccc2)c2ccccc12)NC(=O)OC(C)(C)C. The molecule has 0 radical (unpaired) electrons. The van der Waals surface area contributed by atoms with Crippen LogP contribution >= 0.6 is 0 Å². The van der Waals surface area contributed by atoms with Crippen molar-refractivity contribution in [3.8, 4) is 0 Å². The van der Waals surface area contributed by atoms with E-state index in [4.69, 9.17) is 9.57 Å². The van der Waals surface area contributed by atoms with E-state index in [1.54, 1.807) is 20.8 Å². The second-order valence-corrected chi connectivity index (χ2v) is 9.06. The Balaban J connectivity index is 1.86. The molecular weight excluding hydrogens is 430 g/mol. The fourth-order valence-electron chi connectivity index (χ4n) is 3.68. The molecule has 0 fully saturated rings. The number of hydroxylamine groups is 2. The molecule has 2 aromatic carbocycles. The highest BCUT2D eigenvalue weighted by Gasteiger charge is 2.28. The number of nitrogens with one attached hydrogen (secondary N) is 1. The quantitative estimate of drug-likeness (QED) is 0.487. The van der Waals surface area contributed by atoms with Crippen LogP contribution in [0.5, 0.6) is 0 Å². The molecule has 1 N–H and O–H groups in total. The number of carbonyl (C=O) groups is 2. The van der Waals surface area contributed by atoms with E-state index in [9.17, 15) is 9.59 Å². The van der Waals surface area contributed by atoms with E-state index < -0.39 is 17.7 Å². The van der Waals surface area contributed by atoms with Gasteiger partial charge in [0.25, 0.3) is 5.91 Å². The van der Waals surface area contributed by atoms with Gasteiger partial charge in [0.15, 0.2) is 0 Å². The molecule has 0 bridgehead atoms. The van der Waals surface area contributed by atoms with Gasteiger partial charge in [0.2, 0.25) is 0 Å². The van der Waals surface area contributed by atoms with Gasteiger partial charge in [-0.3, -0.25) is 9.63 Å². The van der Waals surface area contributed by atoms with E-state index in [0.717, 1.165) is 27.1 Å². The van der Waals surface area contributed by atoms with E-state index in [-0.39, 0.29) is 5.91 Å². The van der Waals surface area contributed by atoms with Crippen molar-refractivity contribution in [3.05, 3.63) is 78.0 Å². The minimum Gasteiger partial charge on any atom is -0.444 e. The zero-order valence-electron chi connectivity index (χ0n) is 20.4. The first-order chi connectivity index (χ1) is 16.2. The zero-order chi connectivity index (χ0) is 24.7. The molecule has 3 aromatic rings. The normalized spacial score (nSPS) is 12.6. The number of benzene rings is 2. The summed E-state index contributed by atoms with van der Waals surface area (Å²) in [6.45, 7) is 6.01. The third kappa shape index (κ3) is 6.71. The summed E-state index contributed by atoms with van der Waals surface area (Å²) in [7, 11) is 2.93. The Hall–Kier alpha value is -3.58. The number of amides is 2. The van der Waals surface area contributed by atoms with Crippen molar-refractivity contribution >= 4 is 29.0 Å². The highest BCUT2D eigenvalue weighted by atomic mass is 16.7. The molecule has 0 aliphatic heterocycles. The molecule has 7 nitrogen and oxygen atoms in total. The maximum Gasteiger partial charge on any atom is 0.408 e. The van der Waals surface area contributed by atoms with Crippen molar-refractivity contribution in [3.63, 3.8) is 0 Å². The van der Waals surface area contributed by atoms with Crippen LogP contribution in [-0.2, 0) is 27.3 Å². The number of carbonyl (C=O) groups excluding carboxylic acids is 2. The molecule has 1 atom stereocenters. The van der Waals surface area contributed by atoms with Crippen LogP contribution in [0.2, 0.25) is 0 Å². The number of hydrogen-bond acceptors (Lipinski definition) is 4. The summed E-state index contributed by atoms with van der Waals surface area (Å²) in [6.07, 6.45) is 5.86. The summed E-state index contributed by atoms with van der Waals surface area (Å²) < 4.78 is 7.52. The molecule has 0 saturated carbocycles. The van der Waals surface area contributed by atoms with Gasteiger partial charge in [0.1, 0.15) is 11.6 Å². The second-order valence-electron chi connectivity index (χ2n) is 9.06. The van der Waals surface area contributed by atoms with Crippen molar-refractivity contribution in [1.29, 1.82) is 0 Å². The first-order valence-corrected chi connectivity index (χ1v) is 11.3. The number of likely N-dealkylation sites (N-methyl/N-ethyl adjacent to an activating group) is 1.